The Hall–Kier alpha value is -3.20. The molecule has 0 radical (unpaired) electrons. The maximum absolute atomic E-state index is 12.8. The van der Waals surface area contributed by atoms with Crippen molar-refractivity contribution in [2.75, 3.05) is 43.5 Å². The van der Waals surface area contributed by atoms with Crippen molar-refractivity contribution < 1.29 is 9.53 Å². The minimum Gasteiger partial charge on any atom is -0.497 e. The number of nitrogens with zero attached hydrogens (tertiary/aromatic N) is 5. The number of carbonyl (C=O) groups excluding carboxylic acids is 1. The average Bonchev–Trinajstić information content (AvgIpc) is 3.22. The lowest BCUT2D eigenvalue weighted by atomic mass is 10.2. The molecule has 0 unspecified atom stereocenters. The molecule has 0 atom stereocenters. The van der Waals surface area contributed by atoms with Crippen molar-refractivity contribution in [3.8, 4) is 5.75 Å². The maximum atomic E-state index is 12.8. The molecule has 1 amide bonds. The number of thiazole rings is 1. The van der Waals surface area contributed by atoms with E-state index in [2.05, 4.69) is 31.2 Å². The number of aromatic nitrogens is 3. The third-order valence-corrected chi connectivity index (χ3v) is 5.25. The van der Waals surface area contributed by atoms with Crippen molar-refractivity contribution in [3.05, 3.63) is 53.8 Å². The third-order valence-electron chi connectivity index (χ3n) is 4.49. The normalized spacial score (nSPS) is 14.0. The Labute approximate surface area is 166 Å². The Bertz CT molecular complexity index is 940. The molecule has 0 saturated carbocycles. The average molecular weight is 396 g/mol. The van der Waals surface area contributed by atoms with Gasteiger partial charge in [-0.05, 0) is 18.2 Å². The highest BCUT2D eigenvalue weighted by Gasteiger charge is 2.24. The van der Waals surface area contributed by atoms with Gasteiger partial charge in [0.25, 0.3) is 5.91 Å². The lowest BCUT2D eigenvalue weighted by Crippen LogP contribution is -2.48. The second-order valence-electron chi connectivity index (χ2n) is 6.22. The predicted octanol–water partition coefficient (Wildman–Crippen LogP) is 2.65. The maximum Gasteiger partial charge on any atom is 0.273 e. The molecule has 1 saturated heterocycles. The van der Waals surface area contributed by atoms with Crippen LogP contribution in [0.4, 0.5) is 16.8 Å². The first-order valence-corrected chi connectivity index (χ1v) is 9.79. The lowest BCUT2D eigenvalue weighted by molar-refractivity contribution is 0.0742. The van der Waals surface area contributed by atoms with Gasteiger partial charge < -0.3 is 19.9 Å². The van der Waals surface area contributed by atoms with Crippen LogP contribution in [0.25, 0.3) is 0 Å². The van der Waals surface area contributed by atoms with E-state index in [0.29, 0.717) is 29.9 Å². The fraction of sp³-hybridized carbons (Fsp3) is 0.263. The van der Waals surface area contributed by atoms with Crippen LogP contribution >= 0.6 is 11.3 Å². The highest BCUT2D eigenvalue weighted by Crippen LogP contribution is 2.23. The Morgan fingerprint density at radius 3 is 2.68 bits per heavy atom. The first-order valence-electron chi connectivity index (χ1n) is 8.91. The van der Waals surface area contributed by atoms with E-state index in [1.165, 1.54) is 11.3 Å². The first kappa shape index (κ1) is 18.2. The highest BCUT2D eigenvalue weighted by atomic mass is 32.1. The molecule has 144 valence electrons. The number of hydrogen-bond acceptors (Lipinski definition) is 8. The molecule has 3 aromatic rings. The largest absolute Gasteiger partial charge is 0.497 e. The molecule has 1 aliphatic heterocycles. The van der Waals surface area contributed by atoms with Crippen molar-refractivity contribution in [1.82, 2.24) is 19.9 Å². The van der Waals surface area contributed by atoms with E-state index >= 15 is 0 Å². The monoisotopic (exact) mass is 396 g/mol. The Morgan fingerprint density at radius 2 is 1.93 bits per heavy atom. The molecular weight excluding hydrogens is 376 g/mol. The van der Waals surface area contributed by atoms with Gasteiger partial charge in [0.2, 0.25) is 5.95 Å². The molecule has 4 rings (SSSR count). The number of hydrogen-bond donors (Lipinski definition) is 1. The highest BCUT2D eigenvalue weighted by molar-refractivity contribution is 7.14. The van der Waals surface area contributed by atoms with Crippen LogP contribution in [0.15, 0.2) is 48.1 Å². The molecule has 3 heterocycles. The lowest BCUT2D eigenvalue weighted by Gasteiger charge is -2.35. The van der Waals surface area contributed by atoms with E-state index in [1.807, 2.05) is 23.1 Å². The molecular formula is C19H20N6O2S. The smallest absolute Gasteiger partial charge is 0.273 e. The molecule has 2 aromatic heterocycles. The van der Waals surface area contributed by atoms with Crippen LogP contribution in [0.3, 0.4) is 0 Å². The number of amides is 1. The summed E-state index contributed by atoms with van der Waals surface area (Å²) >= 11 is 1.36. The van der Waals surface area contributed by atoms with E-state index in [1.54, 1.807) is 30.9 Å². The van der Waals surface area contributed by atoms with E-state index in [0.717, 1.165) is 24.5 Å². The van der Waals surface area contributed by atoms with Crippen LogP contribution in [-0.2, 0) is 0 Å². The summed E-state index contributed by atoms with van der Waals surface area (Å²) in [7, 11) is 1.66. The van der Waals surface area contributed by atoms with E-state index < -0.39 is 0 Å². The van der Waals surface area contributed by atoms with Crippen LogP contribution in [0.2, 0.25) is 0 Å². The van der Waals surface area contributed by atoms with Crippen LogP contribution in [-0.4, -0.2) is 59.0 Å². The summed E-state index contributed by atoms with van der Waals surface area (Å²) in [6.45, 7) is 2.84. The number of piperazine rings is 1. The van der Waals surface area contributed by atoms with Gasteiger partial charge in [0, 0.05) is 55.7 Å². The van der Waals surface area contributed by atoms with Crippen molar-refractivity contribution in [2.45, 2.75) is 0 Å². The number of methoxy groups -OCH3 is 1. The zero-order valence-electron chi connectivity index (χ0n) is 15.4. The Kier molecular flexibility index (Phi) is 5.34. The fourth-order valence-electron chi connectivity index (χ4n) is 3.03. The van der Waals surface area contributed by atoms with E-state index in [-0.39, 0.29) is 5.91 Å². The predicted molar refractivity (Wildman–Crippen MR) is 109 cm³/mol. The number of carbonyl (C=O) groups is 1. The molecule has 0 spiro atoms. The SMILES string of the molecule is COc1cccc(N2CCN(C(=O)c3csc(Nc4ncccn4)n3)CC2)c1. The van der Waals surface area contributed by atoms with Gasteiger partial charge in [-0.1, -0.05) is 6.07 Å². The zero-order chi connectivity index (χ0) is 19.3. The molecule has 0 bridgehead atoms. The van der Waals surface area contributed by atoms with Gasteiger partial charge in [-0.25, -0.2) is 15.0 Å². The summed E-state index contributed by atoms with van der Waals surface area (Å²) in [5.74, 6) is 1.24. The molecule has 28 heavy (non-hydrogen) atoms. The first-order chi connectivity index (χ1) is 13.7. The Balaban J connectivity index is 1.36. The van der Waals surface area contributed by atoms with Crippen LogP contribution < -0.4 is 15.0 Å². The summed E-state index contributed by atoms with van der Waals surface area (Å²) < 4.78 is 5.29. The van der Waals surface area contributed by atoms with E-state index in [9.17, 15) is 4.79 Å². The molecule has 1 aromatic carbocycles. The number of anilines is 3. The minimum absolute atomic E-state index is 0.0522. The molecule has 1 N–H and O–H groups in total. The van der Waals surface area contributed by atoms with Gasteiger partial charge in [0.15, 0.2) is 5.13 Å². The quantitative estimate of drug-likeness (QED) is 0.710. The number of ether oxygens (including phenoxy) is 1. The molecule has 1 aliphatic rings. The van der Waals surface area contributed by atoms with Crippen molar-refractivity contribution in [3.63, 3.8) is 0 Å². The second-order valence-corrected chi connectivity index (χ2v) is 7.07. The van der Waals surface area contributed by atoms with Crippen LogP contribution in [0, 0.1) is 0 Å². The summed E-state index contributed by atoms with van der Waals surface area (Å²) in [5.41, 5.74) is 1.55. The van der Waals surface area contributed by atoms with Gasteiger partial charge in [0.05, 0.1) is 7.11 Å². The van der Waals surface area contributed by atoms with Gasteiger partial charge >= 0.3 is 0 Å². The molecule has 1 fully saturated rings. The number of nitrogens with one attached hydrogen (secondary N) is 1. The Morgan fingerprint density at radius 1 is 1.14 bits per heavy atom. The number of benzene rings is 1. The second kappa shape index (κ2) is 8.22. The summed E-state index contributed by atoms with van der Waals surface area (Å²) in [5, 5.41) is 5.38. The van der Waals surface area contributed by atoms with E-state index in [4.69, 9.17) is 4.74 Å². The van der Waals surface area contributed by atoms with Gasteiger partial charge in [-0.15, -0.1) is 11.3 Å². The summed E-state index contributed by atoms with van der Waals surface area (Å²) in [6.07, 6.45) is 3.30. The molecule has 0 aliphatic carbocycles. The standard InChI is InChI=1S/C19H20N6O2S/c1-27-15-5-2-4-14(12-15)24-8-10-25(11-9-24)17(26)16-13-28-19(22-16)23-18-20-6-3-7-21-18/h2-7,12-13H,8-11H2,1H3,(H,20,21,22,23). The topological polar surface area (TPSA) is 83.5 Å². The van der Waals surface area contributed by atoms with Gasteiger partial charge in [-0.2, -0.15) is 0 Å². The van der Waals surface area contributed by atoms with Gasteiger partial charge in [0.1, 0.15) is 11.4 Å². The van der Waals surface area contributed by atoms with Crippen LogP contribution in [0.5, 0.6) is 5.75 Å². The van der Waals surface area contributed by atoms with Crippen LogP contribution in [0.1, 0.15) is 10.5 Å². The van der Waals surface area contributed by atoms with Crippen molar-refractivity contribution in [2.24, 2.45) is 0 Å². The fourth-order valence-corrected chi connectivity index (χ4v) is 3.70. The molecule has 9 heteroatoms. The van der Waals surface area contributed by atoms with Crippen molar-refractivity contribution >= 4 is 34.0 Å². The minimum atomic E-state index is -0.0522. The van der Waals surface area contributed by atoms with Crippen molar-refractivity contribution in [1.29, 1.82) is 0 Å². The number of rotatable bonds is 5. The van der Waals surface area contributed by atoms with Gasteiger partial charge in [-0.3, -0.25) is 4.79 Å². The third kappa shape index (κ3) is 4.04. The zero-order valence-corrected chi connectivity index (χ0v) is 16.2. The summed E-state index contributed by atoms with van der Waals surface area (Å²) in [6, 6.07) is 9.72. The summed E-state index contributed by atoms with van der Waals surface area (Å²) in [4.78, 5) is 29.5. The molecule has 8 nitrogen and oxygen atoms in total.